The van der Waals surface area contributed by atoms with Crippen LogP contribution in [0.4, 0.5) is 0 Å². The van der Waals surface area contributed by atoms with Gasteiger partial charge in [0.05, 0.1) is 0 Å². The predicted octanol–water partition coefficient (Wildman–Crippen LogP) is 4.36. The molecule has 1 fully saturated rings. The fourth-order valence-corrected chi connectivity index (χ4v) is 3.22. The van der Waals surface area contributed by atoms with E-state index < -0.39 is 0 Å². The number of rotatable bonds is 4. The average Bonchev–Trinajstić information content (AvgIpc) is 2.38. The van der Waals surface area contributed by atoms with Gasteiger partial charge in [-0.05, 0) is 49.3 Å². The first-order valence-corrected chi connectivity index (χ1v) is 7.49. The van der Waals surface area contributed by atoms with Crippen molar-refractivity contribution in [1.82, 2.24) is 5.32 Å². The average molecular weight is 245 g/mol. The van der Waals surface area contributed by atoms with Crippen molar-refractivity contribution in [2.75, 3.05) is 0 Å². The highest BCUT2D eigenvalue weighted by atomic mass is 14.9. The van der Waals surface area contributed by atoms with E-state index in [1.54, 1.807) is 0 Å². The second kappa shape index (κ2) is 6.38. The molecule has 2 rings (SSSR count). The van der Waals surface area contributed by atoms with Crippen molar-refractivity contribution in [3.8, 4) is 0 Å². The van der Waals surface area contributed by atoms with Gasteiger partial charge in [0, 0.05) is 12.6 Å². The summed E-state index contributed by atoms with van der Waals surface area (Å²) in [6, 6.07) is 7.34. The molecule has 0 radical (unpaired) electrons. The Morgan fingerprint density at radius 1 is 1.17 bits per heavy atom. The molecule has 1 N–H and O–H groups in total. The summed E-state index contributed by atoms with van der Waals surface area (Å²) in [6.45, 7) is 7.82. The highest BCUT2D eigenvalue weighted by Gasteiger charge is 2.20. The fourth-order valence-electron chi connectivity index (χ4n) is 3.22. The van der Waals surface area contributed by atoms with Crippen molar-refractivity contribution in [2.45, 2.75) is 65.5 Å². The quantitative estimate of drug-likeness (QED) is 0.831. The van der Waals surface area contributed by atoms with Crippen molar-refractivity contribution >= 4 is 0 Å². The van der Waals surface area contributed by atoms with Gasteiger partial charge >= 0.3 is 0 Å². The van der Waals surface area contributed by atoms with Gasteiger partial charge in [0.25, 0.3) is 0 Å². The third kappa shape index (κ3) is 3.35. The van der Waals surface area contributed by atoms with Crippen LogP contribution in [0.15, 0.2) is 18.2 Å². The minimum absolute atomic E-state index is 0.739. The molecule has 1 aliphatic rings. The maximum atomic E-state index is 3.78. The van der Waals surface area contributed by atoms with Crippen molar-refractivity contribution in [1.29, 1.82) is 0 Å². The van der Waals surface area contributed by atoms with E-state index in [2.05, 4.69) is 44.3 Å². The summed E-state index contributed by atoms with van der Waals surface area (Å²) < 4.78 is 0. The highest BCUT2D eigenvalue weighted by Crippen LogP contribution is 2.27. The largest absolute Gasteiger partial charge is 0.310 e. The van der Waals surface area contributed by atoms with Crippen molar-refractivity contribution in [3.05, 3.63) is 34.9 Å². The first-order chi connectivity index (χ1) is 8.70. The third-order valence-corrected chi connectivity index (χ3v) is 4.57. The Kier molecular flexibility index (Phi) is 4.82. The molecule has 18 heavy (non-hydrogen) atoms. The lowest BCUT2D eigenvalue weighted by molar-refractivity contribution is 0.278. The fraction of sp³-hybridized carbons (Fsp3) is 0.647. The van der Waals surface area contributed by atoms with E-state index in [0.29, 0.717) is 0 Å². The van der Waals surface area contributed by atoms with E-state index in [1.165, 1.54) is 48.8 Å². The van der Waals surface area contributed by atoms with Gasteiger partial charge in [-0.25, -0.2) is 0 Å². The molecule has 1 heteroatoms. The summed E-state index contributed by atoms with van der Waals surface area (Å²) in [5.41, 5.74) is 4.34. The summed E-state index contributed by atoms with van der Waals surface area (Å²) in [6.07, 6.45) is 6.94. The number of hydrogen-bond donors (Lipinski definition) is 1. The molecule has 1 aliphatic carbocycles. The zero-order valence-corrected chi connectivity index (χ0v) is 12.1. The molecule has 1 saturated carbocycles. The van der Waals surface area contributed by atoms with Gasteiger partial charge in [0.15, 0.2) is 0 Å². The first-order valence-electron chi connectivity index (χ1n) is 7.49. The second-order valence-electron chi connectivity index (χ2n) is 5.89. The van der Waals surface area contributed by atoms with E-state index in [4.69, 9.17) is 0 Å². The highest BCUT2D eigenvalue weighted by molar-refractivity contribution is 5.33. The third-order valence-electron chi connectivity index (χ3n) is 4.57. The lowest BCUT2D eigenvalue weighted by Gasteiger charge is -2.29. The SMILES string of the molecule is CCC1CCCC(NCc2c(C)cccc2C)C1. The Morgan fingerprint density at radius 2 is 1.89 bits per heavy atom. The zero-order valence-electron chi connectivity index (χ0n) is 12.1. The predicted molar refractivity (Wildman–Crippen MR) is 78.8 cm³/mol. The van der Waals surface area contributed by atoms with E-state index >= 15 is 0 Å². The van der Waals surface area contributed by atoms with Gasteiger partial charge in [-0.3, -0.25) is 0 Å². The monoisotopic (exact) mass is 245 g/mol. The number of aryl methyl sites for hydroxylation is 2. The van der Waals surface area contributed by atoms with Crippen LogP contribution in [-0.2, 0) is 6.54 Å². The van der Waals surface area contributed by atoms with Crippen molar-refractivity contribution < 1.29 is 0 Å². The van der Waals surface area contributed by atoms with Crippen molar-refractivity contribution in [2.24, 2.45) is 5.92 Å². The van der Waals surface area contributed by atoms with Crippen LogP contribution >= 0.6 is 0 Å². The Balaban J connectivity index is 1.91. The molecular weight excluding hydrogens is 218 g/mol. The molecule has 1 aromatic rings. The summed E-state index contributed by atoms with van der Waals surface area (Å²) in [5, 5.41) is 3.78. The van der Waals surface area contributed by atoms with Gasteiger partial charge in [0.2, 0.25) is 0 Å². The van der Waals surface area contributed by atoms with E-state index in [1.807, 2.05) is 0 Å². The molecule has 0 aliphatic heterocycles. The standard InChI is InChI=1S/C17H27N/c1-4-15-9-6-10-16(11-15)18-12-17-13(2)7-5-8-14(17)3/h5,7-8,15-16,18H,4,6,9-12H2,1-3H3. The molecule has 0 spiro atoms. The van der Waals surface area contributed by atoms with Crippen LogP contribution in [0.5, 0.6) is 0 Å². The molecule has 100 valence electrons. The Labute approximate surface area is 112 Å². The topological polar surface area (TPSA) is 12.0 Å². The molecule has 2 atom stereocenters. The summed E-state index contributed by atoms with van der Waals surface area (Å²) in [4.78, 5) is 0. The van der Waals surface area contributed by atoms with Gasteiger partial charge < -0.3 is 5.32 Å². The van der Waals surface area contributed by atoms with E-state index in [0.717, 1.165) is 18.5 Å². The van der Waals surface area contributed by atoms with E-state index in [-0.39, 0.29) is 0 Å². The molecule has 0 heterocycles. The summed E-state index contributed by atoms with van der Waals surface area (Å²) >= 11 is 0. The van der Waals surface area contributed by atoms with Crippen LogP contribution in [0.1, 0.15) is 55.7 Å². The number of benzene rings is 1. The van der Waals surface area contributed by atoms with Gasteiger partial charge in [-0.2, -0.15) is 0 Å². The minimum Gasteiger partial charge on any atom is -0.310 e. The second-order valence-corrected chi connectivity index (χ2v) is 5.89. The first kappa shape index (κ1) is 13.6. The Hall–Kier alpha value is -0.820. The Morgan fingerprint density at radius 3 is 2.56 bits per heavy atom. The smallest absolute Gasteiger partial charge is 0.0213 e. The molecule has 1 nitrogen and oxygen atoms in total. The van der Waals surface area contributed by atoms with Crippen molar-refractivity contribution in [3.63, 3.8) is 0 Å². The molecule has 0 bridgehead atoms. The molecule has 0 aromatic heterocycles. The van der Waals surface area contributed by atoms with E-state index in [9.17, 15) is 0 Å². The lowest BCUT2D eigenvalue weighted by Crippen LogP contribution is -2.34. The van der Waals surface area contributed by atoms with Crippen LogP contribution in [0, 0.1) is 19.8 Å². The minimum atomic E-state index is 0.739. The molecule has 0 amide bonds. The maximum absolute atomic E-state index is 3.78. The summed E-state index contributed by atoms with van der Waals surface area (Å²) in [5.74, 6) is 0.953. The molecule has 0 saturated heterocycles. The molecule has 2 unspecified atom stereocenters. The number of hydrogen-bond acceptors (Lipinski definition) is 1. The molecule has 1 aromatic carbocycles. The zero-order chi connectivity index (χ0) is 13.0. The molecular formula is C17H27N. The Bertz CT molecular complexity index is 363. The summed E-state index contributed by atoms with van der Waals surface area (Å²) in [7, 11) is 0. The van der Waals surface area contributed by atoms with Crippen LogP contribution in [-0.4, -0.2) is 6.04 Å². The number of nitrogens with one attached hydrogen (secondary N) is 1. The maximum Gasteiger partial charge on any atom is 0.0213 e. The van der Waals surface area contributed by atoms with Crippen LogP contribution in [0.2, 0.25) is 0 Å². The van der Waals surface area contributed by atoms with Gasteiger partial charge in [-0.15, -0.1) is 0 Å². The van der Waals surface area contributed by atoms with Gasteiger partial charge in [-0.1, -0.05) is 44.4 Å². The van der Waals surface area contributed by atoms with Crippen LogP contribution < -0.4 is 5.32 Å². The van der Waals surface area contributed by atoms with Crippen LogP contribution in [0.3, 0.4) is 0 Å². The lowest BCUT2D eigenvalue weighted by atomic mass is 9.84. The normalized spacial score (nSPS) is 24.2. The van der Waals surface area contributed by atoms with Crippen LogP contribution in [0.25, 0.3) is 0 Å². The van der Waals surface area contributed by atoms with Gasteiger partial charge in [0.1, 0.15) is 0 Å².